The average Bonchev–Trinajstić information content (AvgIpc) is 2.53. The zero-order valence-corrected chi connectivity index (χ0v) is 8.74. The van der Waals surface area contributed by atoms with Crippen LogP contribution in [0.3, 0.4) is 0 Å². The van der Waals surface area contributed by atoms with Gasteiger partial charge in [0.2, 0.25) is 0 Å². The van der Waals surface area contributed by atoms with Gasteiger partial charge in [0, 0.05) is 18.6 Å². The maximum absolute atomic E-state index is 5.51. The third kappa shape index (κ3) is 1.35. The van der Waals surface area contributed by atoms with Gasteiger partial charge in [-0.15, -0.1) is 0 Å². The van der Waals surface area contributed by atoms with Gasteiger partial charge in [-0.25, -0.2) is 0 Å². The van der Waals surface area contributed by atoms with Gasteiger partial charge in [-0.05, 0) is 25.5 Å². The van der Waals surface area contributed by atoms with E-state index in [1.54, 1.807) is 0 Å². The van der Waals surface area contributed by atoms with Crippen molar-refractivity contribution in [1.82, 2.24) is 9.78 Å². The van der Waals surface area contributed by atoms with Crippen LogP contribution >= 0.6 is 0 Å². The van der Waals surface area contributed by atoms with E-state index < -0.39 is 0 Å². The van der Waals surface area contributed by atoms with Crippen LogP contribution in [0.1, 0.15) is 12.5 Å². The Bertz CT molecular complexity index is 460. The maximum Gasteiger partial charge on any atom is 0.147 e. The Labute approximate surface area is 83.3 Å². The van der Waals surface area contributed by atoms with Crippen LogP contribution in [0.5, 0.6) is 5.75 Å². The molecule has 0 saturated heterocycles. The molecule has 1 aromatic heterocycles. The summed E-state index contributed by atoms with van der Waals surface area (Å²) in [4.78, 5) is 0. The van der Waals surface area contributed by atoms with Gasteiger partial charge in [0.1, 0.15) is 11.3 Å². The first-order chi connectivity index (χ1) is 6.72. The minimum Gasteiger partial charge on any atom is -0.492 e. The zero-order chi connectivity index (χ0) is 10.1. The molecule has 74 valence electrons. The number of aryl methyl sites for hydroxylation is 2. The molecular weight excluding hydrogens is 176 g/mol. The molecule has 14 heavy (non-hydrogen) atoms. The molecule has 0 aliphatic rings. The van der Waals surface area contributed by atoms with Gasteiger partial charge in [0.25, 0.3) is 0 Å². The number of hydrogen-bond acceptors (Lipinski definition) is 2. The summed E-state index contributed by atoms with van der Waals surface area (Å²) < 4.78 is 7.33. The minimum atomic E-state index is 0.675. The number of hydrogen-bond donors (Lipinski definition) is 0. The van der Waals surface area contributed by atoms with Crippen molar-refractivity contribution in [3.63, 3.8) is 0 Å². The molecule has 0 saturated carbocycles. The molecule has 2 rings (SSSR count). The first-order valence-corrected chi connectivity index (χ1v) is 4.78. The van der Waals surface area contributed by atoms with Crippen molar-refractivity contribution in [3.05, 3.63) is 23.9 Å². The van der Waals surface area contributed by atoms with Crippen molar-refractivity contribution >= 4 is 10.9 Å². The van der Waals surface area contributed by atoms with Crippen molar-refractivity contribution in [1.29, 1.82) is 0 Å². The van der Waals surface area contributed by atoms with Gasteiger partial charge < -0.3 is 4.74 Å². The zero-order valence-electron chi connectivity index (χ0n) is 8.74. The van der Waals surface area contributed by atoms with Crippen LogP contribution in [0.4, 0.5) is 0 Å². The van der Waals surface area contributed by atoms with Gasteiger partial charge in [-0.2, -0.15) is 5.10 Å². The smallest absolute Gasteiger partial charge is 0.147 e. The molecule has 0 fully saturated rings. The van der Waals surface area contributed by atoms with E-state index in [0.717, 1.165) is 11.3 Å². The number of nitrogens with zero attached hydrogens (tertiary/aromatic N) is 2. The minimum absolute atomic E-state index is 0.675. The van der Waals surface area contributed by atoms with Crippen LogP contribution in [-0.2, 0) is 7.05 Å². The quantitative estimate of drug-likeness (QED) is 0.726. The van der Waals surface area contributed by atoms with Crippen LogP contribution in [0, 0.1) is 6.92 Å². The van der Waals surface area contributed by atoms with E-state index in [4.69, 9.17) is 4.74 Å². The molecule has 3 heteroatoms. The number of aromatic nitrogens is 2. The van der Waals surface area contributed by atoms with Gasteiger partial charge in [0.15, 0.2) is 0 Å². The average molecular weight is 190 g/mol. The largest absolute Gasteiger partial charge is 0.492 e. The summed E-state index contributed by atoms with van der Waals surface area (Å²) in [5, 5.41) is 5.55. The SMILES string of the molecule is CCOc1ccc(C)c2cn(C)nc12. The first kappa shape index (κ1) is 9.06. The Kier molecular flexibility index (Phi) is 2.15. The molecule has 1 heterocycles. The lowest BCUT2D eigenvalue weighted by atomic mass is 10.1. The van der Waals surface area contributed by atoms with E-state index >= 15 is 0 Å². The predicted molar refractivity (Wildman–Crippen MR) is 56.6 cm³/mol. The van der Waals surface area contributed by atoms with E-state index in [1.165, 1.54) is 10.9 Å². The molecular formula is C11H14N2O. The second-order valence-corrected chi connectivity index (χ2v) is 3.38. The van der Waals surface area contributed by atoms with Crippen LogP contribution in [0.15, 0.2) is 18.3 Å². The third-order valence-electron chi connectivity index (χ3n) is 2.27. The standard InChI is InChI=1S/C11H14N2O/c1-4-14-10-6-5-8(2)9-7-13(3)12-11(9)10/h5-7H,4H2,1-3H3. The Balaban J connectivity index is 2.68. The summed E-state index contributed by atoms with van der Waals surface area (Å²) in [5.74, 6) is 0.869. The van der Waals surface area contributed by atoms with Crippen LogP contribution in [0.25, 0.3) is 10.9 Å². The highest BCUT2D eigenvalue weighted by atomic mass is 16.5. The molecule has 0 radical (unpaired) electrons. The molecule has 0 atom stereocenters. The summed E-state index contributed by atoms with van der Waals surface area (Å²) >= 11 is 0. The lowest BCUT2D eigenvalue weighted by molar-refractivity contribution is 0.343. The highest BCUT2D eigenvalue weighted by Crippen LogP contribution is 2.26. The number of benzene rings is 1. The van der Waals surface area contributed by atoms with Crippen molar-refractivity contribution in [2.45, 2.75) is 13.8 Å². The van der Waals surface area contributed by atoms with Crippen molar-refractivity contribution in [2.75, 3.05) is 6.61 Å². The van der Waals surface area contributed by atoms with Crippen molar-refractivity contribution in [2.24, 2.45) is 7.05 Å². The van der Waals surface area contributed by atoms with Gasteiger partial charge in [0.05, 0.1) is 6.61 Å². The number of rotatable bonds is 2. The Morgan fingerprint density at radius 3 is 2.93 bits per heavy atom. The molecule has 0 spiro atoms. The summed E-state index contributed by atoms with van der Waals surface area (Å²) in [6.45, 7) is 4.74. The van der Waals surface area contributed by atoms with Crippen LogP contribution in [-0.4, -0.2) is 16.4 Å². The molecule has 1 aromatic carbocycles. The predicted octanol–water partition coefficient (Wildman–Crippen LogP) is 2.28. The fourth-order valence-electron chi connectivity index (χ4n) is 1.60. The maximum atomic E-state index is 5.51. The monoisotopic (exact) mass is 190 g/mol. The molecule has 0 bridgehead atoms. The summed E-state index contributed by atoms with van der Waals surface area (Å²) in [6.07, 6.45) is 2.02. The number of fused-ring (bicyclic) bond motifs is 1. The highest BCUT2D eigenvalue weighted by Gasteiger charge is 2.07. The fraction of sp³-hybridized carbons (Fsp3) is 0.364. The Hall–Kier alpha value is -1.51. The summed E-state index contributed by atoms with van der Waals surface area (Å²) in [6, 6.07) is 4.04. The van der Waals surface area contributed by atoms with Gasteiger partial charge >= 0.3 is 0 Å². The van der Waals surface area contributed by atoms with Gasteiger partial charge in [-0.3, -0.25) is 4.68 Å². The van der Waals surface area contributed by atoms with Gasteiger partial charge in [-0.1, -0.05) is 6.07 Å². The van der Waals surface area contributed by atoms with E-state index in [1.807, 2.05) is 30.9 Å². The molecule has 2 aromatic rings. The Morgan fingerprint density at radius 1 is 1.43 bits per heavy atom. The van der Waals surface area contributed by atoms with Crippen LogP contribution < -0.4 is 4.74 Å². The number of ether oxygens (including phenoxy) is 1. The third-order valence-corrected chi connectivity index (χ3v) is 2.27. The molecule has 0 aliphatic carbocycles. The molecule has 0 N–H and O–H groups in total. The van der Waals surface area contributed by atoms with Crippen molar-refractivity contribution < 1.29 is 4.74 Å². The summed E-state index contributed by atoms with van der Waals surface area (Å²) in [7, 11) is 1.93. The highest BCUT2D eigenvalue weighted by molar-refractivity contribution is 5.87. The first-order valence-electron chi connectivity index (χ1n) is 4.78. The van der Waals surface area contributed by atoms with Crippen molar-refractivity contribution in [3.8, 4) is 5.75 Å². The molecule has 0 aliphatic heterocycles. The van der Waals surface area contributed by atoms with E-state index in [-0.39, 0.29) is 0 Å². The second-order valence-electron chi connectivity index (χ2n) is 3.38. The topological polar surface area (TPSA) is 27.1 Å². The molecule has 0 unspecified atom stereocenters. The summed E-state index contributed by atoms with van der Waals surface area (Å²) in [5.41, 5.74) is 2.19. The normalized spacial score (nSPS) is 10.8. The fourth-order valence-corrected chi connectivity index (χ4v) is 1.60. The van der Waals surface area contributed by atoms with E-state index in [2.05, 4.69) is 18.1 Å². The lowest BCUT2D eigenvalue weighted by Crippen LogP contribution is -1.93. The Morgan fingerprint density at radius 2 is 2.21 bits per heavy atom. The molecule has 0 amide bonds. The van der Waals surface area contributed by atoms with E-state index in [0.29, 0.717) is 6.61 Å². The lowest BCUT2D eigenvalue weighted by Gasteiger charge is -2.04. The molecule has 3 nitrogen and oxygen atoms in total. The van der Waals surface area contributed by atoms with Crippen LogP contribution in [0.2, 0.25) is 0 Å². The second kappa shape index (κ2) is 3.33. The van der Waals surface area contributed by atoms with E-state index in [9.17, 15) is 0 Å².